The Morgan fingerprint density at radius 1 is 1.56 bits per heavy atom. The van der Waals surface area contributed by atoms with Crippen molar-refractivity contribution in [3.8, 4) is 12.3 Å². The maximum Gasteiger partial charge on any atom is 0.192 e. The van der Waals surface area contributed by atoms with Crippen molar-refractivity contribution in [3.63, 3.8) is 0 Å². The van der Waals surface area contributed by atoms with E-state index in [9.17, 15) is 0 Å². The molecule has 16 heavy (non-hydrogen) atoms. The quantitative estimate of drug-likeness (QED) is 0.414. The smallest absolute Gasteiger partial charge is 0.192 e. The van der Waals surface area contributed by atoms with Gasteiger partial charge < -0.3 is 15.4 Å². The highest BCUT2D eigenvalue weighted by Crippen LogP contribution is 2.34. The first kappa shape index (κ1) is 11.3. The van der Waals surface area contributed by atoms with Gasteiger partial charge >= 0.3 is 0 Å². The Labute approximate surface area is 96.8 Å². The third-order valence-electron chi connectivity index (χ3n) is 3.10. The molecule has 0 aromatic heterocycles. The predicted molar refractivity (Wildman–Crippen MR) is 64.2 cm³/mol. The lowest BCUT2D eigenvalue weighted by Crippen LogP contribution is -2.47. The van der Waals surface area contributed by atoms with Gasteiger partial charge in [0.25, 0.3) is 0 Å². The van der Waals surface area contributed by atoms with Gasteiger partial charge in [-0.25, -0.2) is 4.99 Å². The second-order valence-electron chi connectivity index (χ2n) is 4.26. The summed E-state index contributed by atoms with van der Waals surface area (Å²) in [5, 5.41) is 6.59. The van der Waals surface area contributed by atoms with Gasteiger partial charge in [0.05, 0.1) is 18.2 Å². The number of hydrogen-bond donors (Lipinski definition) is 2. The van der Waals surface area contributed by atoms with Crippen molar-refractivity contribution in [2.24, 2.45) is 4.99 Å². The highest BCUT2D eigenvalue weighted by molar-refractivity contribution is 5.80. The molecule has 3 atom stereocenters. The van der Waals surface area contributed by atoms with Crippen molar-refractivity contribution in [3.05, 3.63) is 0 Å². The van der Waals surface area contributed by atoms with E-state index in [0.29, 0.717) is 24.8 Å². The van der Waals surface area contributed by atoms with E-state index in [1.807, 2.05) is 6.92 Å². The summed E-state index contributed by atoms with van der Waals surface area (Å²) < 4.78 is 5.78. The molecule has 0 amide bonds. The summed E-state index contributed by atoms with van der Waals surface area (Å²) in [5.41, 5.74) is 0. The van der Waals surface area contributed by atoms with Crippen LogP contribution in [0, 0.1) is 12.3 Å². The van der Waals surface area contributed by atoms with E-state index < -0.39 is 0 Å². The summed E-state index contributed by atoms with van der Waals surface area (Å²) in [5.74, 6) is 3.32. The van der Waals surface area contributed by atoms with Crippen LogP contribution in [0.2, 0.25) is 0 Å². The highest BCUT2D eigenvalue weighted by Gasteiger charge is 2.40. The summed E-state index contributed by atoms with van der Waals surface area (Å²) in [4.78, 5) is 4.28. The lowest BCUT2D eigenvalue weighted by atomic mass is 9.96. The molecular formula is C12H19N3O. The molecule has 0 spiro atoms. The maximum atomic E-state index is 5.78. The van der Waals surface area contributed by atoms with Crippen LogP contribution in [0.3, 0.4) is 0 Å². The zero-order valence-electron chi connectivity index (χ0n) is 9.70. The van der Waals surface area contributed by atoms with E-state index in [0.717, 1.165) is 25.3 Å². The van der Waals surface area contributed by atoms with Crippen LogP contribution in [0.25, 0.3) is 0 Å². The van der Waals surface area contributed by atoms with Gasteiger partial charge in [0.2, 0.25) is 0 Å². The second kappa shape index (κ2) is 5.22. The Bertz CT molecular complexity index is 308. The normalized spacial score (nSPS) is 32.5. The van der Waals surface area contributed by atoms with E-state index >= 15 is 0 Å². The standard InChI is InChI=1S/C12H19N3O/c1-3-7-14-12(13-4-2)15-10-8-9-5-6-11(10)16-9/h1,9-11H,4-8H2,2H3,(H2,13,14,15)/t9-,10+,11+/m1/s1. The Morgan fingerprint density at radius 2 is 2.44 bits per heavy atom. The first-order valence-electron chi connectivity index (χ1n) is 5.97. The molecule has 2 aliphatic rings. The van der Waals surface area contributed by atoms with Gasteiger partial charge in [0, 0.05) is 6.54 Å². The summed E-state index contributed by atoms with van der Waals surface area (Å²) in [6.07, 6.45) is 9.48. The van der Waals surface area contributed by atoms with E-state index in [-0.39, 0.29) is 0 Å². The van der Waals surface area contributed by atoms with Crippen molar-refractivity contribution < 1.29 is 4.74 Å². The number of terminal acetylenes is 1. The first-order valence-corrected chi connectivity index (χ1v) is 5.97. The van der Waals surface area contributed by atoms with Crippen LogP contribution in [0.15, 0.2) is 4.99 Å². The number of nitrogens with zero attached hydrogens (tertiary/aromatic N) is 1. The Hall–Kier alpha value is -1.21. The van der Waals surface area contributed by atoms with Gasteiger partial charge in [-0.2, -0.15) is 0 Å². The van der Waals surface area contributed by atoms with E-state index in [2.05, 4.69) is 21.5 Å². The number of nitrogens with one attached hydrogen (secondary N) is 2. The van der Waals surface area contributed by atoms with Crippen LogP contribution in [0.5, 0.6) is 0 Å². The van der Waals surface area contributed by atoms with E-state index in [1.54, 1.807) is 0 Å². The van der Waals surface area contributed by atoms with Crippen molar-refractivity contribution >= 4 is 5.96 Å². The molecule has 2 bridgehead atoms. The fraction of sp³-hybridized carbons (Fsp3) is 0.750. The van der Waals surface area contributed by atoms with Gasteiger partial charge in [-0.1, -0.05) is 5.92 Å². The highest BCUT2D eigenvalue weighted by atomic mass is 16.5. The molecule has 2 aliphatic heterocycles. The average molecular weight is 221 g/mol. The van der Waals surface area contributed by atoms with Crippen molar-refractivity contribution in [1.29, 1.82) is 0 Å². The van der Waals surface area contributed by atoms with Crippen LogP contribution < -0.4 is 10.6 Å². The molecule has 2 fully saturated rings. The average Bonchev–Trinajstić information content (AvgIpc) is 2.88. The lowest BCUT2D eigenvalue weighted by Gasteiger charge is -2.22. The third-order valence-corrected chi connectivity index (χ3v) is 3.10. The SMILES string of the molecule is C#CCN=C(NCC)N[C@H]1C[C@H]2CC[C@@H]1O2. The van der Waals surface area contributed by atoms with Crippen LogP contribution in [0.1, 0.15) is 26.2 Å². The fourth-order valence-corrected chi connectivity index (χ4v) is 2.41. The number of guanidine groups is 1. The van der Waals surface area contributed by atoms with Gasteiger partial charge in [-0.15, -0.1) is 6.42 Å². The molecule has 4 nitrogen and oxygen atoms in total. The molecule has 2 N–H and O–H groups in total. The molecule has 0 aliphatic carbocycles. The molecule has 88 valence electrons. The maximum absolute atomic E-state index is 5.78. The van der Waals surface area contributed by atoms with Crippen LogP contribution in [0.4, 0.5) is 0 Å². The first-order chi connectivity index (χ1) is 7.83. The number of hydrogen-bond acceptors (Lipinski definition) is 2. The summed E-state index contributed by atoms with van der Waals surface area (Å²) in [7, 11) is 0. The third kappa shape index (κ3) is 2.48. The largest absolute Gasteiger partial charge is 0.373 e. The Morgan fingerprint density at radius 3 is 3.00 bits per heavy atom. The summed E-state index contributed by atoms with van der Waals surface area (Å²) in [6, 6.07) is 0.398. The fourth-order valence-electron chi connectivity index (χ4n) is 2.41. The topological polar surface area (TPSA) is 45.7 Å². The molecule has 2 saturated heterocycles. The van der Waals surface area contributed by atoms with Crippen molar-refractivity contribution in [2.75, 3.05) is 13.1 Å². The minimum atomic E-state index is 0.361. The van der Waals surface area contributed by atoms with Crippen LogP contribution in [-0.2, 0) is 4.74 Å². The molecule has 0 unspecified atom stereocenters. The predicted octanol–water partition coefficient (Wildman–Crippen LogP) is 0.495. The summed E-state index contributed by atoms with van der Waals surface area (Å²) >= 11 is 0. The number of aliphatic imine (C=N–C) groups is 1. The molecule has 2 rings (SSSR count). The Kier molecular flexibility index (Phi) is 3.68. The molecule has 0 aromatic carbocycles. The minimum Gasteiger partial charge on any atom is -0.373 e. The van der Waals surface area contributed by atoms with Crippen LogP contribution in [-0.4, -0.2) is 37.3 Å². The van der Waals surface area contributed by atoms with Crippen molar-refractivity contribution in [2.45, 2.75) is 44.4 Å². The van der Waals surface area contributed by atoms with Gasteiger partial charge in [0.15, 0.2) is 5.96 Å². The Balaban J connectivity index is 1.88. The van der Waals surface area contributed by atoms with Crippen LogP contribution >= 0.6 is 0 Å². The molecular weight excluding hydrogens is 202 g/mol. The van der Waals surface area contributed by atoms with E-state index in [1.165, 1.54) is 6.42 Å². The molecule has 0 aromatic rings. The zero-order valence-corrected chi connectivity index (χ0v) is 9.70. The zero-order chi connectivity index (χ0) is 11.4. The monoisotopic (exact) mass is 221 g/mol. The summed E-state index contributed by atoms with van der Waals surface area (Å²) in [6.45, 7) is 3.31. The van der Waals surface area contributed by atoms with Crippen molar-refractivity contribution in [1.82, 2.24) is 10.6 Å². The van der Waals surface area contributed by atoms with Gasteiger partial charge in [-0.3, -0.25) is 0 Å². The number of rotatable bonds is 3. The second-order valence-corrected chi connectivity index (χ2v) is 4.26. The molecule has 2 heterocycles. The number of fused-ring (bicyclic) bond motifs is 2. The van der Waals surface area contributed by atoms with Gasteiger partial charge in [-0.05, 0) is 26.2 Å². The van der Waals surface area contributed by atoms with Gasteiger partial charge in [0.1, 0.15) is 6.54 Å². The molecule has 0 saturated carbocycles. The van der Waals surface area contributed by atoms with E-state index in [4.69, 9.17) is 11.2 Å². The minimum absolute atomic E-state index is 0.361. The molecule has 0 radical (unpaired) electrons. The molecule has 4 heteroatoms. The lowest BCUT2D eigenvalue weighted by molar-refractivity contribution is 0.0992. The number of ether oxygens (including phenoxy) is 1.